The van der Waals surface area contributed by atoms with Crippen molar-refractivity contribution in [3.63, 3.8) is 0 Å². The van der Waals surface area contributed by atoms with Gasteiger partial charge in [-0.1, -0.05) is 93.2 Å². The monoisotopic (exact) mass is 640 g/mol. The summed E-state index contributed by atoms with van der Waals surface area (Å²) < 4.78 is 14.8. The Bertz CT molecular complexity index is 1130. The first kappa shape index (κ1) is 43.0. The van der Waals surface area contributed by atoms with E-state index in [1.165, 1.54) is 51.9 Å². The Morgan fingerprint density at radius 1 is 0.422 bits per heavy atom. The highest BCUT2D eigenvalue weighted by molar-refractivity contribution is 7.43. The molecular formula is C40H65O4P-2. The number of allylic oxidation sites excluding steroid dienone is 15. The van der Waals surface area contributed by atoms with Crippen molar-refractivity contribution in [1.29, 1.82) is 0 Å². The van der Waals surface area contributed by atoms with Crippen LogP contribution in [0.2, 0.25) is 0 Å². The Morgan fingerprint density at radius 3 is 0.867 bits per heavy atom. The first-order valence-corrected chi connectivity index (χ1v) is 18.5. The molecule has 0 aliphatic carbocycles. The molecule has 0 aromatic heterocycles. The largest absolute Gasteiger partial charge is 0.790 e. The lowest BCUT2D eigenvalue weighted by molar-refractivity contribution is -0.340. The predicted molar refractivity (Wildman–Crippen MR) is 194 cm³/mol. The van der Waals surface area contributed by atoms with Crippen molar-refractivity contribution >= 4 is 7.82 Å². The molecule has 5 heteroatoms. The molecule has 0 unspecified atom stereocenters. The van der Waals surface area contributed by atoms with Crippen LogP contribution in [0.5, 0.6) is 0 Å². The van der Waals surface area contributed by atoms with Gasteiger partial charge in [-0.3, -0.25) is 0 Å². The van der Waals surface area contributed by atoms with Gasteiger partial charge in [0.2, 0.25) is 0 Å². The van der Waals surface area contributed by atoms with Gasteiger partial charge in [-0.25, -0.2) is 0 Å². The third kappa shape index (κ3) is 30.4. The van der Waals surface area contributed by atoms with E-state index >= 15 is 0 Å². The number of phosphoric acid groups is 1. The number of rotatable bonds is 24. The fraction of sp³-hybridized carbons (Fsp3) is 0.600. The Morgan fingerprint density at radius 2 is 0.644 bits per heavy atom. The molecule has 45 heavy (non-hydrogen) atoms. The van der Waals surface area contributed by atoms with Crippen LogP contribution in [0, 0.1) is 0 Å². The summed E-state index contributed by atoms with van der Waals surface area (Å²) in [5, 5.41) is 0. The molecule has 0 rings (SSSR count). The van der Waals surface area contributed by atoms with Gasteiger partial charge >= 0.3 is 0 Å². The zero-order valence-corrected chi connectivity index (χ0v) is 31.2. The molecule has 0 atom stereocenters. The van der Waals surface area contributed by atoms with Gasteiger partial charge in [-0.2, -0.15) is 0 Å². The van der Waals surface area contributed by atoms with Crippen LogP contribution in [0.3, 0.4) is 0 Å². The maximum absolute atomic E-state index is 10.5. The average molecular weight is 641 g/mol. The molecule has 0 N–H and O–H groups in total. The van der Waals surface area contributed by atoms with Crippen molar-refractivity contribution in [3.8, 4) is 0 Å². The van der Waals surface area contributed by atoms with Gasteiger partial charge in [0.15, 0.2) is 0 Å². The molecule has 256 valence electrons. The van der Waals surface area contributed by atoms with Gasteiger partial charge < -0.3 is 18.9 Å². The van der Waals surface area contributed by atoms with Crippen molar-refractivity contribution in [3.05, 3.63) is 93.2 Å². The van der Waals surface area contributed by atoms with Crippen molar-refractivity contribution in [2.45, 2.75) is 152 Å². The molecule has 0 aliphatic heterocycles. The Labute approximate surface area is 278 Å². The van der Waals surface area contributed by atoms with Gasteiger partial charge in [0.05, 0.1) is 14.4 Å². The van der Waals surface area contributed by atoms with E-state index in [-0.39, 0.29) is 6.61 Å². The van der Waals surface area contributed by atoms with Crippen molar-refractivity contribution in [2.75, 3.05) is 6.61 Å². The van der Waals surface area contributed by atoms with E-state index in [2.05, 4.69) is 102 Å². The smallest absolute Gasteiger partial charge is 0.0702 e. The molecule has 0 saturated heterocycles. The minimum absolute atomic E-state index is 0.178. The average Bonchev–Trinajstić information content (AvgIpc) is 2.92. The number of hydrogen-bond acceptors (Lipinski definition) is 4. The van der Waals surface area contributed by atoms with Crippen LogP contribution in [0.1, 0.15) is 152 Å². The molecule has 0 heterocycles. The van der Waals surface area contributed by atoms with Crippen LogP contribution in [0.4, 0.5) is 0 Å². The highest BCUT2D eigenvalue weighted by atomic mass is 31.2. The molecule has 0 aliphatic rings. The number of phosphoric ester groups is 1. The van der Waals surface area contributed by atoms with Crippen LogP contribution >= 0.6 is 7.82 Å². The third-order valence-electron chi connectivity index (χ3n) is 7.94. The highest BCUT2D eigenvalue weighted by Crippen LogP contribution is 2.24. The van der Waals surface area contributed by atoms with E-state index in [0.717, 1.165) is 82.6 Å². The Kier molecular flexibility index (Phi) is 25.0. The van der Waals surface area contributed by atoms with E-state index < -0.39 is 7.82 Å². The van der Waals surface area contributed by atoms with E-state index in [4.69, 9.17) is 0 Å². The summed E-state index contributed by atoms with van der Waals surface area (Å²) in [5.74, 6) is 0. The molecular weight excluding hydrogens is 575 g/mol. The lowest BCUT2D eigenvalue weighted by Gasteiger charge is -2.27. The fourth-order valence-electron chi connectivity index (χ4n) is 4.85. The maximum atomic E-state index is 10.5. The quantitative estimate of drug-likeness (QED) is 0.0777. The van der Waals surface area contributed by atoms with Gasteiger partial charge in [0.25, 0.3) is 0 Å². The van der Waals surface area contributed by atoms with Gasteiger partial charge in [0.1, 0.15) is 0 Å². The molecule has 0 fully saturated rings. The van der Waals surface area contributed by atoms with E-state index in [9.17, 15) is 14.4 Å². The second-order valence-electron chi connectivity index (χ2n) is 13.1. The first-order chi connectivity index (χ1) is 21.2. The van der Waals surface area contributed by atoms with Crippen molar-refractivity contribution < 1.29 is 18.9 Å². The normalized spacial score (nSPS) is 14.8. The summed E-state index contributed by atoms with van der Waals surface area (Å²) in [6.07, 6.45) is 33.5. The number of hydrogen-bond donors (Lipinski definition) is 0. The molecule has 0 saturated carbocycles. The standard InChI is InChI=1S/C40H67O4P/c1-33(2)17-10-18-34(3)19-11-20-35(4)21-12-22-36(5)23-13-24-37(6)25-14-26-38(7)27-15-28-39(8)29-16-30-40(9)31-32-44-45(41,42)43/h17,19,21,23,25,27,29,31H,10-16,18,20,22,24,26,28,30,32H2,1-9H3,(H2,41,42,43)/p-2/b34-19+,35-21+,36-23+,37-25+,38-27+,39-29+,40-31+. The van der Waals surface area contributed by atoms with Crippen molar-refractivity contribution in [2.24, 2.45) is 0 Å². The van der Waals surface area contributed by atoms with E-state index in [0.29, 0.717) is 0 Å². The van der Waals surface area contributed by atoms with Crippen LogP contribution < -0.4 is 9.79 Å². The molecule has 0 spiro atoms. The summed E-state index contributed by atoms with van der Waals surface area (Å²) in [4.78, 5) is 21.0. The lowest BCUT2D eigenvalue weighted by atomic mass is 10.0. The van der Waals surface area contributed by atoms with E-state index in [1.54, 1.807) is 6.08 Å². The zero-order chi connectivity index (χ0) is 34.1. The molecule has 0 amide bonds. The maximum Gasteiger partial charge on any atom is 0.0702 e. The van der Waals surface area contributed by atoms with Gasteiger partial charge in [-0.05, 0) is 152 Å². The Hall–Kier alpha value is -1.97. The molecule has 4 nitrogen and oxygen atoms in total. The summed E-state index contributed by atoms with van der Waals surface area (Å²) in [6.45, 7) is 19.5. The summed E-state index contributed by atoms with van der Waals surface area (Å²) >= 11 is 0. The second kappa shape index (κ2) is 26.1. The summed E-state index contributed by atoms with van der Waals surface area (Å²) in [5.41, 5.74) is 11.2. The lowest BCUT2D eigenvalue weighted by Crippen LogP contribution is -2.16. The molecule has 0 aromatic rings. The van der Waals surface area contributed by atoms with Crippen LogP contribution in [-0.2, 0) is 9.09 Å². The molecule has 0 bridgehead atoms. The SMILES string of the molecule is CC(C)=CCC/C(C)=C/CC/C(C)=C/CC/C(C)=C/CC/C(C)=C/CC/C(C)=C/CC/C(C)=C/CC/C(C)=C/COP(=O)([O-])[O-]. The van der Waals surface area contributed by atoms with Gasteiger partial charge in [-0.15, -0.1) is 0 Å². The second-order valence-corrected chi connectivity index (χ2v) is 14.3. The fourth-order valence-corrected chi connectivity index (χ4v) is 5.11. The summed E-state index contributed by atoms with van der Waals surface area (Å²) in [6, 6.07) is 0. The van der Waals surface area contributed by atoms with Crippen molar-refractivity contribution in [1.82, 2.24) is 0 Å². The topological polar surface area (TPSA) is 72.4 Å². The van der Waals surface area contributed by atoms with Gasteiger partial charge in [0, 0.05) is 0 Å². The third-order valence-corrected chi connectivity index (χ3v) is 8.41. The molecule has 0 aromatic carbocycles. The first-order valence-electron chi connectivity index (χ1n) is 17.1. The van der Waals surface area contributed by atoms with Crippen LogP contribution in [-0.4, -0.2) is 6.61 Å². The summed E-state index contributed by atoms with van der Waals surface area (Å²) in [7, 11) is -4.89. The van der Waals surface area contributed by atoms with E-state index in [1.807, 2.05) is 6.92 Å². The predicted octanol–water partition coefficient (Wildman–Crippen LogP) is 11.9. The molecule has 0 radical (unpaired) electrons. The Balaban J connectivity index is 4.21. The zero-order valence-electron chi connectivity index (χ0n) is 30.3. The minimum atomic E-state index is -4.89. The van der Waals surface area contributed by atoms with Crippen LogP contribution in [0.15, 0.2) is 93.2 Å². The highest BCUT2D eigenvalue weighted by Gasteiger charge is 1.97. The minimum Gasteiger partial charge on any atom is -0.790 e. The van der Waals surface area contributed by atoms with Crippen LogP contribution in [0.25, 0.3) is 0 Å².